The Morgan fingerprint density at radius 1 is 1.28 bits per heavy atom. The molecular weight excluding hydrogens is 330 g/mol. The van der Waals surface area contributed by atoms with E-state index in [2.05, 4.69) is 5.32 Å². The van der Waals surface area contributed by atoms with E-state index in [1.54, 1.807) is 19.1 Å². The molecule has 0 spiro atoms. The number of nitrogens with one attached hydrogen (secondary N) is 1. The summed E-state index contributed by atoms with van der Waals surface area (Å²) in [6, 6.07) is 6.34. The summed E-state index contributed by atoms with van der Waals surface area (Å²) in [7, 11) is 0. The largest absolute Gasteiger partial charge is 0.467 e. The van der Waals surface area contributed by atoms with E-state index >= 15 is 0 Å². The van der Waals surface area contributed by atoms with Gasteiger partial charge in [-0.2, -0.15) is 0 Å². The predicted octanol–water partition coefficient (Wildman–Crippen LogP) is 1.66. The number of furan rings is 1. The van der Waals surface area contributed by atoms with Gasteiger partial charge in [0.15, 0.2) is 0 Å². The van der Waals surface area contributed by atoms with Crippen LogP contribution in [0, 0.1) is 10.1 Å². The van der Waals surface area contributed by atoms with Gasteiger partial charge < -0.3 is 9.73 Å². The first-order chi connectivity index (χ1) is 11.9. The third-order valence-electron chi connectivity index (χ3n) is 3.81. The number of nitrogens with zero attached hydrogens (tertiary/aromatic N) is 2. The zero-order chi connectivity index (χ0) is 18.1. The van der Waals surface area contributed by atoms with Crippen LogP contribution in [0.4, 0.5) is 5.69 Å². The van der Waals surface area contributed by atoms with Crippen molar-refractivity contribution < 1.29 is 23.7 Å². The molecule has 0 saturated heterocycles. The smallest absolute Gasteiger partial charge is 0.270 e. The zero-order valence-corrected chi connectivity index (χ0v) is 13.1. The molecule has 3 rings (SSSR count). The van der Waals surface area contributed by atoms with Crippen LogP contribution in [-0.4, -0.2) is 34.1 Å². The van der Waals surface area contributed by atoms with Crippen LogP contribution < -0.4 is 5.32 Å². The topological polar surface area (TPSA) is 123 Å². The highest BCUT2D eigenvalue weighted by molar-refractivity contribution is 6.22. The number of hydrogen-bond acceptors (Lipinski definition) is 6. The van der Waals surface area contributed by atoms with Crippen molar-refractivity contribution in [3.05, 3.63) is 63.6 Å². The lowest BCUT2D eigenvalue weighted by molar-refractivity contribution is -0.384. The van der Waals surface area contributed by atoms with Gasteiger partial charge in [0, 0.05) is 12.1 Å². The molecule has 3 amide bonds. The van der Waals surface area contributed by atoms with Gasteiger partial charge in [-0.05, 0) is 25.1 Å². The van der Waals surface area contributed by atoms with Crippen LogP contribution in [0.3, 0.4) is 0 Å². The molecule has 0 bridgehead atoms. The summed E-state index contributed by atoms with van der Waals surface area (Å²) in [6.07, 6.45) is 1.47. The Morgan fingerprint density at radius 3 is 2.64 bits per heavy atom. The van der Waals surface area contributed by atoms with Gasteiger partial charge in [-0.1, -0.05) is 0 Å². The van der Waals surface area contributed by atoms with Crippen LogP contribution in [0.2, 0.25) is 0 Å². The highest BCUT2D eigenvalue weighted by Crippen LogP contribution is 2.26. The molecule has 0 aliphatic carbocycles. The quantitative estimate of drug-likeness (QED) is 0.500. The molecule has 2 aromatic rings. The van der Waals surface area contributed by atoms with Crippen molar-refractivity contribution >= 4 is 23.4 Å². The predicted molar refractivity (Wildman–Crippen MR) is 83.7 cm³/mol. The molecule has 9 nitrogen and oxygen atoms in total. The molecule has 0 saturated carbocycles. The van der Waals surface area contributed by atoms with Gasteiger partial charge in [0.05, 0.1) is 28.4 Å². The molecule has 0 radical (unpaired) electrons. The van der Waals surface area contributed by atoms with E-state index in [4.69, 9.17) is 4.42 Å². The average molecular weight is 343 g/mol. The summed E-state index contributed by atoms with van der Waals surface area (Å²) in [5.74, 6) is -1.40. The number of nitro groups is 1. The lowest BCUT2D eigenvalue weighted by Gasteiger charge is -2.16. The van der Waals surface area contributed by atoms with Gasteiger partial charge in [0.25, 0.3) is 17.5 Å². The van der Waals surface area contributed by atoms with Crippen LogP contribution in [0.1, 0.15) is 39.4 Å². The molecule has 2 heterocycles. The Morgan fingerprint density at radius 2 is 2.00 bits per heavy atom. The van der Waals surface area contributed by atoms with Crippen molar-refractivity contribution in [2.75, 3.05) is 6.54 Å². The number of fused-ring (bicyclic) bond motifs is 1. The molecule has 0 fully saturated rings. The summed E-state index contributed by atoms with van der Waals surface area (Å²) < 4.78 is 5.17. The third kappa shape index (κ3) is 2.99. The second kappa shape index (κ2) is 6.19. The normalized spacial score (nSPS) is 14.4. The minimum atomic E-state index is -0.732. The van der Waals surface area contributed by atoms with Crippen molar-refractivity contribution in [3.8, 4) is 0 Å². The molecule has 1 N–H and O–H groups in total. The molecule has 0 unspecified atom stereocenters. The molecule has 25 heavy (non-hydrogen) atoms. The fourth-order valence-electron chi connectivity index (χ4n) is 2.58. The Balaban J connectivity index is 1.73. The standard InChI is InChI=1S/C16H13N3O6/c1-9(13-3-2-6-25-13)17-14(20)8-18-15(21)11-5-4-10(19(23)24)7-12(11)16(18)22/h2-7,9H,8H2,1H3,(H,17,20)/t9-/m1/s1. The Bertz CT molecular complexity index is 874. The third-order valence-corrected chi connectivity index (χ3v) is 3.81. The van der Waals surface area contributed by atoms with Crippen molar-refractivity contribution in [1.29, 1.82) is 0 Å². The van der Waals surface area contributed by atoms with Gasteiger partial charge >= 0.3 is 0 Å². The lowest BCUT2D eigenvalue weighted by atomic mass is 10.1. The summed E-state index contributed by atoms with van der Waals surface area (Å²) in [5.41, 5.74) is -0.328. The molecule has 9 heteroatoms. The molecule has 128 valence electrons. The van der Waals surface area contributed by atoms with E-state index in [1.165, 1.54) is 12.3 Å². The number of amides is 3. The number of benzene rings is 1. The number of nitro benzene ring substituents is 1. The Labute approximate surface area is 141 Å². The maximum absolute atomic E-state index is 12.3. The van der Waals surface area contributed by atoms with Crippen molar-refractivity contribution in [2.45, 2.75) is 13.0 Å². The first-order valence-electron chi connectivity index (χ1n) is 7.36. The first kappa shape index (κ1) is 16.4. The maximum Gasteiger partial charge on any atom is 0.270 e. The van der Waals surface area contributed by atoms with Gasteiger partial charge in [0.2, 0.25) is 5.91 Å². The number of non-ortho nitro benzene ring substituents is 1. The fourth-order valence-corrected chi connectivity index (χ4v) is 2.58. The molecular formula is C16H13N3O6. The first-order valence-corrected chi connectivity index (χ1v) is 7.36. The maximum atomic E-state index is 12.3. The number of carbonyl (C=O) groups excluding carboxylic acids is 3. The summed E-state index contributed by atoms with van der Waals surface area (Å²) in [4.78, 5) is 47.6. The molecule has 1 aliphatic heterocycles. The second-order valence-electron chi connectivity index (χ2n) is 5.49. The van der Waals surface area contributed by atoms with E-state index in [1.807, 2.05) is 0 Å². The van der Waals surface area contributed by atoms with Crippen LogP contribution in [0.25, 0.3) is 0 Å². The average Bonchev–Trinajstić information content (AvgIpc) is 3.18. The Kier molecular flexibility index (Phi) is 4.05. The monoisotopic (exact) mass is 343 g/mol. The van der Waals surface area contributed by atoms with E-state index in [9.17, 15) is 24.5 Å². The lowest BCUT2D eigenvalue weighted by Crippen LogP contribution is -2.41. The summed E-state index contributed by atoms with van der Waals surface area (Å²) in [6.45, 7) is 1.22. The number of imide groups is 1. The minimum absolute atomic E-state index is 0.0440. The van der Waals surface area contributed by atoms with E-state index in [0.29, 0.717) is 5.76 Å². The van der Waals surface area contributed by atoms with Gasteiger partial charge in [0.1, 0.15) is 12.3 Å². The van der Waals surface area contributed by atoms with Gasteiger partial charge in [-0.3, -0.25) is 29.4 Å². The van der Waals surface area contributed by atoms with Crippen LogP contribution >= 0.6 is 0 Å². The second-order valence-corrected chi connectivity index (χ2v) is 5.49. The molecule has 1 aromatic heterocycles. The van der Waals surface area contributed by atoms with Crippen LogP contribution in [-0.2, 0) is 4.79 Å². The van der Waals surface area contributed by atoms with Gasteiger partial charge in [-0.15, -0.1) is 0 Å². The highest BCUT2D eigenvalue weighted by atomic mass is 16.6. The number of hydrogen-bond donors (Lipinski definition) is 1. The molecule has 1 aromatic carbocycles. The van der Waals surface area contributed by atoms with Crippen molar-refractivity contribution in [1.82, 2.24) is 10.2 Å². The Hall–Kier alpha value is -3.49. The number of carbonyl (C=O) groups is 3. The molecule has 1 atom stereocenters. The van der Waals surface area contributed by atoms with E-state index in [-0.39, 0.29) is 16.8 Å². The van der Waals surface area contributed by atoms with Crippen molar-refractivity contribution in [2.24, 2.45) is 0 Å². The van der Waals surface area contributed by atoms with E-state index in [0.717, 1.165) is 17.0 Å². The minimum Gasteiger partial charge on any atom is -0.467 e. The number of rotatable bonds is 5. The summed E-state index contributed by atoms with van der Waals surface area (Å²) >= 11 is 0. The fraction of sp³-hybridized carbons (Fsp3) is 0.188. The SMILES string of the molecule is C[C@@H](NC(=O)CN1C(=O)c2ccc([N+](=O)[O-])cc2C1=O)c1ccco1. The van der Waals surface area contributed by atoms with E-state index < -0.39 is 35.2 Å². The van der Waals surface area contributed by atoms with Crippen LogP contribution in [0.5, 0.6) is 0 Å². The van der Waals surface area contributed by atoms with Crippen molar-refractivity contribution in [3.63, 3.8) is 0 Å². The molecule has 1 aliphatic rings. The van der Waals surface area contributed by atoms with Crippen LogP contribution in [0.15, 0.2) is 41.0 Å². The summed E-state index contributed by atoms with van der Waals surface area (Å²) in [5, 5.41) is 13.4. The highest BCUT2D eigenvalue weighted by Gasteiger charge is 2.38. The van der Waals surface area contributed by atoms with Gasteiger partial charge in [-0.25, -0.2) is 0 Å². The zero-order valence-electron chi connectivity index (χ0n) is 13.1.